The Balaban J connectivity index is 2.01. The molecular formula is C17H22F2N2O2. The number of benzene rings is 1. The zero-order chi connectivity index (χ0) is 16.8. The van der Waals surface area contributed by atoms with Crippen LogP contribution in [0.1, 0.15) is 45.4 Å². The number of nitrogens with zero attached hydrogens (tertiary/aromatic N) is 1. The van der Waals surface area contributed by atoms with E-state index in [9.17, 15) is 18.4 Å². The van der Waals surface area contributed by atoms with Crippen LogP contribution in [-0.4, -0.2) is 29.3 Å². The van der Waals surface area contributed by atoms with Crippen molar-refractivity contribution in [3.63, 3.8) is 0 Å². The first-order valence-electron chi connectivity index (χ1n) is 7.99. The van der Waals surface area contributed by atoms with Crippen molar-refractivity contribution in [3.8, 4) is 0 Å². The molecule has 0 atom stereocenters. The molecule has 2 rings (SSSR count). The van der Waals surface area contributed by atoms with Crippen molar-refractivity contribution in [3.05, 3.63) is 29.8 Å². The van der Waals surface area contributed by atoms with E-state index in [0.29, 0.717) is 6.07 Å². The molecule has 1 N–H and O–H groups in total. The highest BCUT2D eigenvalue weighted by Gasteiger charge is 2.24. The fraction of sp³-hybridized carbons (Fsp3) is 0.529. The Bertz CT molecular complexity index is 570. The maximum absolute atomic E-state index is 13.6. The van der Waals surface area contributed by atoms with Crippen LogP contribution in [0.3, 0.4) is 0 Å². The smallest absolute Gasteiger partial charge is 0.244 e. The van der Waals surface area contributed by atoms with E-state index in [1.165, 1.54) is 13.0 Å². The van der Waals surface area contributed by atoms with E-state index >= 15 is 0 Å². The predicted molar refractivity (Wildman–Crippen MR) is 83.9 cm³/mol. The van der Waals surface area contributed by atoms with Crippen LogP contribution in [0.2, 0.25) is 0 Å². The lowest BCUT2D eigenvalue weighted by atomic mass is 10.1. The lowest BCUT2D eigenvalue weighted by molar-refractivity contribution is -0.135. The monoisotopic (exact) mass is 324 g/mol. The minimum absolute atomic E-state index is 0.0545. The number of amides is 2. The van der Waals surface area contributed by atoms with Crippen molar-refractivity contribution in [1.29, 1.82) is 0 Å². The maximum Gasteiger partial charge on any atom is 0.244 e. The van der Waals surface area contributed by atoms with Gasteiger partial charge in [-0.1, -0.05) is 25.7 Å². The minimum Gasteiger partial charge on any atom is -0.331 e. The van der Waals surface area contributed by atoms with Crippen molar-refractivity contribution in [2.45, 2.75) is 51.5 Å². The van der Waals surface area contributed by atoms with Crippen LogP contribution < -0.4 is 5.32 Å². The summed E-state index contributed by atoms with van der Waals surface area (Å²) in [5.41, 5.74) is -0.0826. The van der Waals surface area contributed by atoms with Crippen molar-refractivity contribution in [2.24, 2.45) is 0 Å². The van der Waals surface area contributed by atoms with Crippen LogP contribution in [0.25, 0.3) is 0 Å². The fourth-order valence-corrected chi connectivity index (χ4v) is 3.00. The van der Waals surface area contributed by atoms with Crippen LogP contribution in [0.4, 0.5) is 14.5 Å². The van der Waals surface area contributed by atoms with Crippen LogP contribution in [0.15, 0.2) is 18.2 Å². The summed E-state index contributed by atoms with van der Waals surface area (Å²) in [5, 5.41) is 2.40. The van der Waals surface area contributed by atoms with Crippen LogP contribution in [-0.2, 0) is 9.59 Å². The number of rotatable bonds is 4. The number of halogens is 2. The average molecular weight is 324 g/mol. The van der Waals surface area contributed by atoms with Crippen LogP contribution >= 0.6 is 0 Å². The van der Waals surface area contributed by atoms with Gasteiger partial charge < -0.3 is 10.2 Å². The Labute approximate surface area is 134 Å². The topological polar surface area (TPSA) is 49.4 Å². The molecule has 1 fully saturated rings. The van der Waals surface area contributed by atoms with Gasteiger partial charge in [0.1, 0.15) is 18.2 Å². The number of anilines is 1. The van der Waals surface area contributed by atoms with Gasteiger partial charge in [0.2, 0.25) is 11.8 Å². The Morgan fingerprint density at radius 1 is 1.17 bits per heavy atom. The highest BCUT2D eigenvalue weighted by atomic mass is 19.1. The van der Waals surface area contributed by atoms with Gasteiger partial charge in [-0.25, -0.2) is 8.78 Å². The third kappa shape index (κ3) is 5.01. The summed E-state index contributed by atoms with van der Waals surface area (Å²) in [6.07, 6.45) is 6.16. The second-order valence-corrected chi connectivity index (χ2v) is 5.96. The Morgan fingerprint density at radius 3 is 2.39 bits per heavy atom. The molecule has 1 aliphatic carbocycles. The Kier molecular flexibility index (Phi) is 6.07. The minimum atomic E-state index is -0.831. The van der Waals surface area contributed by atoms with E-state index in [1.807, 2.05) is 0 Å². The summed E-state index contributed by atoms with van der Waals surface area (Å²) in [5.74, 6) is -2.17. The molecule has 0 saturated heterocycles. The lowest BCUT2D eigenvalue weighted by Gasteiger charge is -2.29. The van der Waals surface area contributed by atoms with Gasteiger partial charge in [0, 0.05) is 19.0 Å². The Hall–Kier alpha value is -1.98. The molecular weight excluding hydrogens is 302 g/mol. The average Bonchev–Trinajstić information content (AvgIpc) is 2.76. The van der Waals surface area contributed by atoms with Crippen molar-refractivity contribution >= 4 is 17.5 Å². The quantitative estimate of drug-likeness (QED) is 0.862. The van der Waals surface area contributed by atoms with Crippen LogP contribution in [0, 0.1) is 11.6 Å². The van der Waals surface area contributed by atoms with Gasteiger partial charge >= 0.3 is 0 Å². The van der Waals surface area contributed by atoms with E-state index in [1.54, 1.807) is 4.90 Å². The summed E-state index contributed by atoms with van der Waals surface area (Å²) in [7, 11) is 0. The zero-order valence-corrected chi connectivity index (χ0v) is 13.3. The van der Waals surface area contributed by atoms with Crippen LogP contribution in [0.5, 0.6) is 0 Å². The first kappa shape index (κ1) is 17.4. The molecule has 1 aliphatic rings. The number of hydrogen-bond donors (Lipinski definition) is 1. The van der Waals surface area contributed by atoms with Crippen molar-refractivity contribution in [2.75, 3.05) is 11.9 Å². The molecule has 0 unspecified atom stereocenters. The number of carbonyl (C=O) groups excluding carboxylic acids is 2. The fourth-order valence-electron chi connectivity index (χ4n) is 3.00. The second-order valence-electron chi connectivity index (χ2n) is 5.96. The lowest BCUT2D eigenvalue weighted by Crippen LogP contribution is -2.43. The first-order chi connectivity index (χ1) is 11.0. The number of carbonyl (C=O) groups is 2. The normalized spacial score (nSPS) is 15.8. The van der Waals surface area contributed by atoms with E-state index in [2.05, 4.69) is 5.32 Å². The molecule has 6 heteroatoms. The zero-order valence-electron chi connectivity index (χ0n) is 13.3. The number of nitrogens with one attached hydrogen (secondary N) is 1. The molecule has 126 valence electrons. The van der Waals surface area contributed by atoms with Gasteiger partial charge in [0.25, 0.3) is 0 Å². The summed E-state index contributed by atoms with van der Waals surface area (Å²) in [6, 6.07) is 3.02. The SMILES string of the molecule is CC(=O)N(CC(=O)Nc1ccc(F)cc1F)C1CCCCCC1. The Morgan fingerprint density at radius 2 is 1.83 bits per heavy atom. The molecule has 23 heavy (non-hydrogen) atoms. The van der Waals surface area contributed by atoms with Crippen molar-refractivity contribution < 1.29 is 18.4 Å². The van der Waals surface area contributed by atoms with Gasteiger partial charge in [-0.15, -0.1) is 0 Å². The maximum atomic E-state index is 13.6. The van der Waals surface area contributed by atoms with E-state index in [-0.39, 0.29) is 24.2 Å². The molecule has 0 radical (unpaired) electrons. The molecule has 0 aliphatic heterocycles. The highest BCUT2D eigenvalue weighted by molar-refractivity contribution is 5.94. The first-order valence-corrected chi connectivity index (χ1v) is 7.99. The van der Waals surface area contributed by atoms with Crippen molar-refractivity contribution in [1.82, 2.24) is 4.90 Å². The predicted octanol–water partition coefficient (Wildman–Crippen LogP) is 3.47. The van der Waals surface area contributed by atoms with Gasteiger partial charge in [-0.3, -0.25) is 9.59 Å². The molecule has 1 aromatic rings. The van der Waals surface area contributed by atoms with Gasteiger partial charge in [0.05, 0.1) is 5.69 Å². The molecule has 4 nitrogen and oxygen atoms in total. The summed E-state index contributed by atoms with van der Waals surface area (Å²) >= 11 is 0. The third-order valence-electron chi connectivity index (χ3n) is 4.19. The standard InChI is InChI=1S/C17H22F2N2O2/c1-12(22)21(14-6-4-2-3-5-7-14)11-17(23)20-16-9-8-13(18)10-15(16)19/h8-10,14H,2-7,11H2,1H3,(H,20,23). The molecule has 2 amide bonds. The third-order valence-corrected chi connectivity index (χ3v) is 4.19. The number of hydrogen-bond acceptors (Lipinski definition) is 2. The van der Waals surface area contributed by atoms with E-state index in [4.69, 9.17) is 0 Å². The highest BCUT2D eigenvalue weighted by Crippen LogP contribution is 2.22. The molecule has 1 aromatic carbocycles. The van der Waals surface area contributed by atoms with Gasteiger partial charge in [-0.05, 0) is 25.0 Å². The molecule has 0 heterocycles. The second kappa shape index (κ2) is 8.04. The molecule has 1 saturated carbocycles. The van der Waals surface area contributed by atoms with Gasteiger partial charge in [0.15, 0.2) is 0 Å². The summed E-state index contributed by atoms with van der Waals surface area (Å²) in [6.45, 7) is 1.33. The summed E-state index contributed by atoms with van der Waals surface area (Å²) in [4.78, 5) is 25.6. The molecule has 0 aromatic heterocycles. The largest absolute Gasteiger partial charge is 0.331 e. The van der Waals surface area contributed by atoms with Gasteiger partial charge in [-0.2, -0.15) is 0 Å². The molecule has 0 bridgehead atoms. The molecule has 0 spiro atoms. The van der Waals surface area contributed by atoms with E-state index < -0.39 is 17.5 Å². The van der Waals surface area contributed by atoms with E-state index in [0.717, 1.165) is 44.6 Å². The summed E-state index contributed by atoms with van der Waals surface area (Å²) < 4.78 is 26.5.